The zero-order chi connectivity index (χ0) is 19.2. The maximum atomic E-state index is 13.0. The van der Waals surface area contributed by atoms with Gasteiger partial charge in [-0.15, -0.1) is 0 Å². The fourth-order valence-electron chi connectivity index (χ4n) is 3.37. The number of amides is 1. The lowest BCUT2D eigenvalue weighted by Crippen LogP contribution is -2.42. The second-order valence-corrected chi connectivity index (χ2v) is 7.04. The molecule has 2 heterocycles. The third kappa shape index (κ3) is 5.53. The minimum absolute atomic E-state index is 0.0196. The third-order valence-corrected chi connectivity index (χ3v) is 4.81. The molecule has 1 aliphatic rings. The molecule has 146 valence electrons. The van der Waals surface area contributed by atoms with Crippen molar-refractivity contribution in [2.24, 2.45) is 5.92 Å². The summed E-state index contributed by atoms with van der Waals surface area (Å²) in [6.07, 6.45) is 3.97. The van der Waals surface area contributed by atoms with Crippen LogP contribution in [0.4, 0.5) is 10.1 Å². The van der Waals surface area contributed by atoms with Gasteiger partial charge in [-0.05, 0) is 57.5 Å². The minimum Gasteiger partial charge on any atom is -0.493 e. The molecule has 1 aromatic heterocycles. The van der Waals surface area contributed by atoms with Gasteiger partial charge in [0.05, 0.1) is 24.5 Å². The lowest BCUT2D eigenvalue weighted by atomic mass is 9.99. The van der Waals surface area contributed by atoms with Crippen LogP contribution in [0.5, 0.6) is 5.75 Å². The molecule has 1 N–H and O–H groups in total. The zero-order valence-corrected chi connectivity index (χ0v) is 15.9. The molecule has 1 fully saturated rings. The summed E-state index contributed by atoms with van der Waals surface area (Å²) in [5, 5.41) is 7.31. The number of piperidine rings is 1. The van der Waals surface area contributed by atoms with Crippen molar-refractivity contribution in [1.82, 2.24) is 14.7 Å². The molecular formula is C20H27FN4O2. The normalized spacial score (nSPS) is 17.7. The van der Waals surface area contributed by atoms with Crippen molar-refractivity contribution < 1.29 is 13.9 Å². The first-order valence-corrected chi connectivity index (χ1v) is 9.48. The number of nitrogens with zero attached hydrogens (tertiary/aromatic N) is 3. The Morgan fingerprint density at radius 1 is 1.37 bits per heavy atom. The van der Waals surface area contributed by atoms with Crippen LogP contribution in [-0.2, 0) is 11.3 Å². The van der Waals surface area contributed by atoms with Crippen LogP contribution < -0.4 is 10.1 Å². The van der Waals surface area contributed by atoms with E-state index in [0.717, 1.165) is 43.9 Å². The number of ether oxygens (including phenoxy) is 1. The fraction of sp³-hybridized carbons (Fsp3) is 0.500. The summed E-state index contributed by atoms with van der Waals surface area (Å²) >= 11 is 0. The van der Waals surface area contributed by atoms with Crippen LogP contribution in [0.15, 0.2) is 30.5 Å². The van der Waals surface area contributed by atoms with Crippen molar-refractivity contribution in [3.63, 3.8) is 0 Å². The van der Waals surface area contributed by atoms with E-state index in [0.29, 0.717) is 24.8 Å². The fourth-order valence-corrected chi connectivity index (χ4v) is 3.37. The monoisotopic (exact) mass is 374 g/mol. The Bertz CT molecular complexity index is 760. The summed E-state index contributed by atoms with van der Waals surface area (Å²) < 4.78 is 20.5. The van der Waals surface area contributed by atoms with Crippen LogP contribution in [0.25, 0.3) is 0 Å². The van der Waals surface area contributed by atoms with Crippen molar-refractivity contribution in [3.05, 3.63) is 42.0 Å². The molecular weight excluding hydrogens is 347 g/mol. The number of nitrogens with one attached hydrogen (secondary N) is 1. The van der Waals surface area contributed by atoms with Gasteiger partial charge in [0, 0.05) is 25.2 Å². The van der Waals surface area contributed by atoms with Crippen molar-refractivity contribution in [3.8, 4) is 5.75 Å². The van der Waals surface area contributed by atoms with Crippen molar-refractivity contribution in [2.75, 3.05) is 31.6 Å². The van der Waals surface area contributed by atoms with Gasteiger partial charge in [-0.2, -0.15) is 5.10 Å². The Hall–Kier alpha value is -2.41. The van der Waals surface area contributed by atoms with Crippen LogP contribution in [0.1, 0.15) is 25.5 Å². The molecule has 1 atom stereocenters. The lowest BCUT2D eigenvalue weighted by Gasteiger charge is -2.32. The molecule has 0 saturated carbocycles. The van der Waals surface area contributed by atoms with E-state index in [1.54, 1.807) is 12.1 Å². The Morgan fingerprint density at radius 2 is 2.15 bits per heavy atom. The highest BCUT2D eigenvalue weighted by molar-refractivity contribution is 5.92. The molecule has 2 aromatic rings. The van der Waals surface area contributed by atoms with Gasteiger partial charge in [0.15, 0.2) is 0 Å². The number of halogens is 1. The highest BCUT2D eigenvalue weighted by Crippen LogP contribution is 2.19. The van der Waals surface area contributed by atoms with E-state index < -0.39 is 0 Å². The number of hydrogen-bond donors (Lipinski definition) is 1. The van der Waals surface area contributed by atoms with Gasteiger partial charge in [0.25, 0.3) is 0 Å². The summed E-state index contributed by atoms with van der Waals surface area (Å²) in [5.74, 6) is 0.752. The number of carbonyl (C=O) groups excluding carboxylic acids is 1. The second-order valence-electron chi connectivity index (χ2n) is 7.04. The molecule has 1 unspecified atom stereocenters. The molecule has 1 amide bonds. The van der Waals surface area contributed by atoms with Gasteiger partial charge >= 0.3 is 0 Å². The standard InChI is InChI=1S/C20H27FN4O2/c1-3-25-12-19(15(2)23-25)22-20(26)13-24-10-4-5-16(11-24)14-27-18-8-6-17(21)7-9-18/h6-9,12,16H,3-5,10-11,13-14H2,1-2H3,(H,22,26). The number of carbonyl (C=O) groups is 1. The summed E-state index contributed by atoms with van der Waals surface area (Å²) in [6.45, 7) is 7.36. The van der Waals surface area contributed by atoms with Crippen LogP contribution >= 0.6 is 0 Å². The number of anilines is 1. The summed E-state index contributed by atoms with van der Waals surface area (Å²) in [4.78, 5) is 14.6. The predicted molar refractivity (Wildman–Crippen MR) is 102 cm³/mol. The minimum atomic E-state index is -0.267. The van der Waals surface area contributed by atoms with Crippen molar-refractivity contribution in [2.45, 2.75) is 33.2 Å². The van der Waals surface area contributed by atoms with E-state index in [9.17, 15) is 9.18 Å². The highest BCUT2D eigenvalue weighted by Gasteiger charge is 2.22. The predicted octanol–water partition coefficient (Wildman–Crippen LogP) is 3.08. The maximum absolute atomic E-state index is 13.0. The van der Waals surface area contributed by atoms with Crippen molar-refractivity contribution >= 4 is 11.6 Å². The lowest BCUT2D eigenvalue weighted by molar-refractivity contribution is -0.117. The quantitative estimate of drug-likeness (QED) is 0.809. The number of likely N-dealkylation sites (tertiary alicyclic amines) is 1. The Morgan fingerprint density at radius 3 is 2.85 bits per heavy atom. The van der Waals surface area contributed by atoms with E-state index in [4.69, 9.17) is 4.74 Å². The molecule has 1 aliphatic heterocycles. The molecule has 0 radical (unpaired) electrons. The smallest absolute Gasteiger partial charge is 0.238 e. The first-order chi connectivity index (χ1) is 13.0. The number of hydrogen-bond acceptors (Lipinski definition) is 4. The first-order valence-electron chi connectivity index (χ1n) is 9.48. The summed E-state index contributed by atoms with van der Waals surface area (Å²) in [6, 6.07) is 6.08. The van der Waals surface area contributed by atoms with Gasteiger partial charge in [0.1, 0.15) is 11.6 Å². The summed E-state index contributed by atoms with van der Waals surface area (Å²) in [5.41, 5.74) is 1.60. The Kier molecular flexibility index (Phi) is 6.45. The van der Waals surface area contributed by atoms with Crippen LogP contribution in [0, 0.1) is 18.7 Å². The average Bonchev–Trinajstić information content (AvgIpc) is 3.01. The molecule has 7 heteroatoms. The molecule has 6 nitrogen and oxygen atoms in total. The molecule has 0 spiro atoms. The number of aryl methyl sites for hydroxylation is 2. The van der Waals surface area contributed by atoms with E-state index >= 15 is 0 Å². The van der Waals surface area contributed by atoms with Crippen molar-refractivity contribution in [1.29, 1.82) is 0 Å². The molecule has 3 rings (SSSR count). The Balaban J connectivity index is 1.46. The van der Waals surface area contributed by atoms with Crippen LogP contribution in [-0.4, -0.2) is 46.8 Å². The van der Waals surface area contributed by atoms with E-state index in [1.165, 1.54) is 12.1 Å². The van der Waals surface area contributed by atoms with Crippen LogP contribution in [0.2, 0.25) is 0 Å². The van der Waals surface area contributed by atoms with Gasteiger partial charge < -0.3 is 10.1 Å². The topological polar surface area (TPSA) is 59.4 Å². The van der Waals surface area contributed by atoms with Crippen LogP contribution in [0.3, 0.4) is 0 Å². The average molecular weight is 374 g/mol. The number of aromatic nitrogens is 2. The third-order valence-electron chi connectivity index (χ3n) is 4.81. The number of benzene rings is 1. The largest absolute Gasteiger partial charge is 0.493 e. The second kappa shape index (κ2) is 8.99. The van der Waals surface area contributed by atoms with E-state index in [2.05, 4.69) is 15.3 Å². The Labute approximate surface area is 159 Å². The van der Waals surface area contributed by atoms with Gasteiger partial charge in [0.2, 0.25) is 5.91 Å². The van der Waals surface area contributed by atoms with Gasteiger partial charge in [-0.3, -0.25) is 14.4 Å². The molecule has 1 aromatic carbocycles. The number of rotatable bonds is 7. The first kappa shape index (κ1) is 19.4. The molecule has 1 saturated heterocycles. The summed E-state index contributed by atoms with van der Waals surface area (Å²) in [7, 11) is 0. The van der Waals surface area contributed by atoms with E-state index in [1.807, 2.05) is 24.7 Å². The van der Waals surface area contributed by atoms with E-state index in [-0.39, 0.29) is 11.7 Å². The van der Waals surface area contributed by atoms with Gasteiger partial charge in [-0.25, -0.2) is 4.39 Å². The molecule has 0 aliphatic carbocycles. The maximum Gasteiger partial charge on any atom is 0.238 e. The highest BCUT2D eigenvalue weighted by atomic mass is 19.1. The molecule has 0 bridgehead atoms. The van der Waals surface area contributed by atoms with Gasteiger partial charge in [-0.1, -0.05) is 0 Å². The molecule has 27 heavy (non-hydrogen) atoms. The zero-order valence-electron chi connectivity index (χ0n) is 15.9. The SMILES string of the molecule is CCn1cc(NC(=O)CN2CCCC(COc3ccc(F)cc3)C2)c(C)n1.